The number of halogens is 1. The molecule has 1 amide bonds. The van der Waals surface area contributed by atoms with Gasteiger partial charge in [0, 0.05) is 11.1 Å². The predicted octanol–water partition coefficient (Wildman–Crippen LogP) is 2.11. The second-order valence-corrected chi connectivity index (χ2v) is 5.90. The van der Waals surface area contributed by atoms with Crippen molar-refractivity contribution < 1.29 is 24.4 Å². The number of carboxylic acid groups (broad SMARTS) is 1. The number of hydrogen-bond acceptors (Lipinski definition) is 6. The lowest BCUT2D eigenvalue weighted by molar-refractivity contribution is -0.387. The van der Waals surface area contributed by atoms with Crippen molar-refractivity contribution in [2.24, 2.45) is 0 Å². The van der Waals surface area contributed by atoms with E-state index in [0.29, 0.717) is 0 Å². The Bertz CT molecular complexity index is 640. The SMILES string of the molecule is C=CCOCC(NC(=O)CSc1ccc(Cl)cc1[N+](=O)[O-])C(=O)O. The molecule has 0 radical (unpaired) electrons. The number of carboxylic acids is 1. The summed E-state index contributed by atoms with van der Waals surface area (Å²) in [5.41, 5.74) is -0.218. The Morgan fingerprint density at radius 3 is 2.83 bits per heavy atom. The van der Waals surface area contributed by atoms with Crippen LogP contribution in [0.4, 0.5) is 5.69 Å². The molecule has 2 N–H and O–H groups in total. The number of nitro benzene ring substituents is 1. The van der Waals surface area contributed by atoms with Crippen LogP contribution < -0.4 is 5.32 Å². The number of nitro groups is 1. The first-order valence-corrected chi connectivity index (χ1v) is 7.99. The molecule has 24 heavy (non-hydrogen) atoms. The van der Waals surface area contributed by atoms with Gasteiger partial charge in [0.2, 0.25) is 5.91 Å². The van der Waals surface area contributed by atoms with Crippen molar-refractivity contribution in [2.45, 2.75) is 10.9 Å². The number of nitrogens with one attached hydrogen (secondary N) is 1. The van der Waals surface area contributed by atoms with E-state index in [2.05, 4.69) is 11.9 Å². The van der Waals surface area contributed by atoms with Gasteiger partial charge >= 0.3 is 5.97 Å². The molecule has 1 unspecified atom stereocenters. The fraction of sp³-hybridized carbons (Fsp3) is 0.286. The Morgan fingerprint density at radius 1 is 1.54 bits per heavy atom. The van der Waals surface area contributed by atoms with E-state index in [9.17, 15) is 19.7 Å². The number of carbonyl (C=O) groups is 2. The molecule has 0 saturated carbocycles. The zero-order chi connectivity index (χ0) is 18.1. The lowest BCUT2D eigenvalue weighted by Crippen LogP contribution is -2.44. The summed E-state index contributed by atoms with van der Waals surface area (Å²) in [5, 5.41) is 22.5. The summed E-state index contributed by atoms with van der Waals surface area (Å²) in [5.74, 6) is -2.01. The molecule has 1 aromatic carbocycles. The van der Waals surface area contributed by atoms with Gasteiger partial charge in [0.25, 0.3) is 5.69 Å². The molecule has 0 bridgehead atoms. The zero-order valence-corrected chi connectivity index (χ0v) is 14.0. The molecule has 0 heterocycles. The number of nitrogens with zero attached hydrogens (tertiary/aromatic N) is 1. The molecule has 1 rings (SSSR count). The summed E-state index contributed by atoms with van der Waals surface area (Å²) >= 11 is 6.62. The number of rotatable bonds is 10. The highest BCUT2D eigenvalue weighted by Gasteiger charge is 2.21. The minimum Gasteiger partial charge on any atom is -0.480 e. The van der Waals surface area contributed by atoms with Gasteiger partial charge in [-0.3, -0.25) is 14.9 Å². The number of amides is 1. The summed E-state index contributed by atoms with van der Waals surface area (Å²) in [7, 11) is 0. The van der Waals surface area contributed by atoms with E-state index >= 15 is 0 Å². The number of carbonyl (C=O) groups excluding carboxylic acids is 1. The van der Waals surface area contributed by atoms with E-state index in [4.69, 9.17) is 21.4 Å². The predicted molar refractivity (Wildman–Crippen MR) is 89.4 cm³/mol. The quantitative estimate of drug-likeness (QED) is 0.211. The number of hydrogen-bond donors (Lipinski definition) is 2. The molecule has 0 aliphatic heterocycles. The highest BCUT2D eigenvalue weighted by Crippen LogP contribution is 2.31. The highest BCUT2D eigenvalue weighted by molar-refractivity contribution is 8.00. The third kappa shape index (κ3) is 6.57. The van der Waals surface area contributed by atoms with E-state index < -0.39 is 22.8 Å². The first kappa shape index (κ1) is 19.9. The highest BCUT2D eigenvalue weighted by atomic mass is 35.5. The second-order valence-electron chi connectivity index (χ2n) is 4.44. The average molecular weight is 375 g/mol. The van der Waals surface area contributed by atoms with E-state index in [1.807, 2.05) is 0 Å². The molecular formula is C14H15ClN2O6S. The first-order valence-electron chi connectivity index (χ1n) is 6.62. The zero-order valence-electron chi connectivity index (χ0n) is 12.4. The largest absolute Gasteiger partial charge is 0.480 e. The molecule has 0 aliphatic rings. The molecule has 0 aliphatic carbocycles. The minimum absolute atomic E-state index is 0.158. The normalized spacial score (nSPS) is 11.5. The molecule has 10 heteroatoms. The Morgan fingerprint density at radius 2 is 2.25 bits per heavy atom. The van der Waals surface area contributed by atoms with Gasteiger partial charge in [-0.05, 0) is 12.1 Å². The minimum atomic E-state index is -1.24. The van der Waals surface area contributed by atoms with E-state index in [1.165, 1.54) is 24.3 Å². The van der Waals surface area contributed by atoms with Crippen molar-refractivity contribution in [1.82, 2.24) is 5.32 Å². The summed E-state index contributed by atoms with van der Waals surface area (Å²) in [6.45, 7) is 3.38. The van der Waals surface area contributed by atoms with Crippen LogP contribution in [-0.2, 0) is 14.3 Å². The van der Waals surface area contributed by atoms with Gasteiger partial charge < -0.3 is 15.2 Å². The maximum atomic E-state index is 11.8. The van der Waals surface area contributed by atoms with Crippen molar-refractivity contribution in [3.8, 4) is 0 Å². The van der Waals surface area contributed by atoms with Crippen LogP contribution in [0.3, 0.4) is 0 Å². The van der Waals surface area contributed by atoms with E-state index in [1.54, 1.807) is 0 Å². The van der Waals surface area contributed by atoms with Gasteiger partial charge in [0.05, 0.1) is 28.8 Å². The van der Waals surface area contributed by atoms with Crippen molar-refractivity contribution in [1.29, 1.82) is 0 Å². The molecule has 0 aromatic heterocycles. The van der Waals surface area contributed by atoms with Gasteiger partial charge in [-0.15, -0.1) is 18.3 Å². The second kappa shape index (κ2) is 9.91. The summed E-state index contributed by atoms with van der Waals surface area (Å²) in [4.78, 5) is 33.5. The van der Waals surface area contributed by atoms with Crippen molar-refractivity contribution in [2.75, 3.05) is 19.0 Å². The van der Waals surface area contributed by atoms with Gasteiger partial charge in [0.15, 0.2) is 6.04 Å². The number of ether oxygens (including phenoxy) is 1. The Kier molecular flexibility index (Phi) is 8.24. The van der Waals surface area contributed by atoms with Crippen LogP contribution in [0.1, 0.15) is 0 Å². The van der Waals surface area contributed by atoms with Gasteiger partial charge in [-0.2, -0.15) is 0 Å². The molecule has 1 atom stereocenters. The number of benzene rings is 1. The van der Waals surface area contributed by atoms with Crippen LogP contribution in [0, 0.1) is 10.1 Å². The molecule has 1 aromatic rings. The average Bonchev–Trinajstić information content (AvgIpc) is 2.52. The molecule has 130 valence electrons. The Hall–Kier alpha value is -2.10. The van der Waals surface area contributed by atoms with Crippen molar-refractivity contribution in [3.63, 3.8) is 0 Å². The van der Waals surface area contributed by atoms with Crippen molar-refractivity contribution >= 4 is 40.9 Å². The smallest absolute Gasteiger partial charge is 0.328 e. The summed E-state index contributed by atoms with van der Waals surface area (Å²) in [6.07, 6.45) is 1.45. The third-order valence-corrected chi connectivity index (χ3v) is 3.93. The topological polar surface area (TPSA) is 119 Å². The standard InChI is InChI=1S/C14H15ClN2O6S/c1-2-5-23-7-10(14(19)20)16-13(18)8-24-12-4-3-9(15)6-11(12)17(21)22/h2-4,6,10H,1,5,7-8H2,(H,16,18)(H,19,20). The van der Waals surface area contributed by atoms with Crippen LogP contribution in [0.5, 0.6) is 0 Å². The third-order valence-electron chi connectivity index (χ3n) is 2.63. The van der Waals surface area contributed by atoms with Gasteiger partial charge in [0.1, 0.15) is 0 Å². The molecule has 8 nitrogen and oxygen atoms in total. The number of thioether (sulfide) groups is 1. The summed E-state index contributed by atoms with van der Waals surface area (Å²) < 4.78 is 5.01. The van der Waals surface area contributed by atoms with Crippen molar-refractivity contribution in [3.05, 3.63) is 46.0 Å². The van der Waals surface area contributed by atoms with E-state index in [-0.39, 0.29) is 34.6 Å². The molecular weight excluding hydrogens is 360 g/mol. The van der Waals surface area contributed by atoms with Crippen LogP contribution >= 0.6 is 23.4 Å². The molecule has 0 saturated heterocycles. The van der Waals surface area contributed by atoms with Crippen LogP contribution in [-0.4, -0.2) is 46.9 Å². The summed E-state index contributed by atoms with van der Waals surface area (Å²) in [6, 6.07) is 2.88. The van der Waals surface area contributed by atoms with Crippen LogP contribution in [0.2, 0.25) is 5.02 Å². The Labute approximate surface area is 147 Å². The van der Waals surface area contributed by atoms with Crippen LogP contribution in [0.25, 0.3) is 0 Å². The lowest BCUT2D eigenvalue weighted by Gasteiger charge is -2.14. The molecule has 0 fully saturated rings. The lowest BCUT2D eigenvalue weighted by atomic mass is 10.3. The number of aliphatic carboxylic acids is 1. The Balaban J connectivity index is 2.63. The van der Waals surface area contributed by atoms with Crippen LogP contribution in [0.15, 0.2) is 35.7 Å². The molecule has 0 spiro atoms. The maximum absolute atomic E-state index is 11.8. The van der Waals surface area contributed by atoms with Gasteiger partial charge in [-0.25, -0.2) is 4.79 Å². The fourth-order valence-corrected chi connectivity index (χ4v) is 2.56. The maximum Gasteiger partial charge on any atom is 0.328 e. The van der Waals surface area contributed by atoms with Gasteiger partial charge in [-0.1, -0.05) is 17.7 Å². The monoisotopic (exact) mass is 374 g/mol. The van der Waals surface area contributed by atoms with E-state index in [0.717, 1.165) is 11.8 Å². The first-order chi connectivity index (χ1) is 11.3. The fourth-order valence-electron chi connectivity index (χ4n) is 1.58.